The lowest BCUT2D eigenvalue weighted by atomic mass is 10.1. The van der Waals surface area contributed by atoms with Crippen molar-refractivity contribution in [1.29, 1.82) is 0 Å². The van der Waals surface area contributed by atoms with E-state index in [0.29, 0.717) is 0 Å². The smallest absolute Gasteiger partial charge is 0.342 e. The van der Waals surface area contributed by atoms with Gasteiger partial charge in [0.15, 0.2) is 0 Å². The molecule has 0 unspecified atom stereocenters. The lowest BCUT2D eigenvalue weighted by Gasteiger charge is -2.29. The maximum Gasteiger partial charge on any atom is 0.342 e. The van der Waals surface area contributed by atoms with Crippen LogP contribution >= 0.6 is 7.67 Å². The molecule has 8 nitrogen and oxygen atoms in total. The van der Waals surface area contributed by atoms with E-state index in [4.69, 9.17) is 14.0 Å². The third-order valence-corrected chi connectivity index (χ3v) is 7.54. The van der Waals surface area contributed by atoms with Gasteiger partial charge in [0.05, 0.1) is 18.8 Å². The molecule has 0 saturated heterocycles. The minimum absolute atomic E-state index is 0.0211. The molecule has 0 radical (unpaired) electrons. The molecule has 0 aliphatic heterocycles. The lowest BCUT2D eigenvalue weighted by molar-refractivity contribution is -0.150. The van der Waals surface area contributed by atoms with Crippen molar-refractivity contribution in [3.05, 3.63) is 108 Å². The van der Waals surface area contributed by atoms with Gasteiger partial charge in [0.2, 0.25) is 0 Å². The second kappa shape index (κ2) is 15.5. The van der Waals surface area contributed by atoms with Gasteiger partial charge >= 0.3 is 19.6 Å². The molecule has 214 valence electrons. The van der Waals surface area contributed by atoms with Crippen molar-refractivity contribution in [3.8, 4) is 0 Å². The van der Waals surface area contributed by atoms with E-state index in [1.807, 2.05) is 91.0 Å². The Morgan fingerprint density at radius 1 is 0.625 bits per heavy atom. The minimum atomic E-state index is -4.07. The molecule has 3 rings (SSSR count). The molecule has 2 atom stereocenters. The van der Waals surface area contributed by atoms with Crippen molar-refractivity contribution in [2.24, 2.45) is 0 Å². The largest absolute Gasteiger partial charge is 0.462 e. The number of carbonyl (C=O) groups excluding carboxylic acids is 2. The Bertz CT molecular complexity index is 1160. The Morgan fingerprint density at radius 3 is 1.32 bits per heavy atom. The molecule has 0 spiro atoms. The number of benzene rings is 3. The van der Waals surface area contributed by atoms with Crippen LogP contribution < -0.4 is 10.2 Å². The first-order chi connectivity index (χ1) is 19.1. The summed E-state index contributed by atoms with van der Waals surface area (Å²) >= 11 is 0. The van der Waals surface area contributed by atoms with Crippen LogP contribution in [0.1, 0.15) is 44.4 Å². The van der Waals surface area contributed by atoms with E-state index in [2.05, 4.69) is 10.2 Å². The lowest BCUT2D eigenvalue weighted by Crippen LogP contribution is -2.46. The highest BCUT2D eigenvalue weighted by molar-refractivity contribution is 7.54. The Balaban J connectivity index is 1.94. The third kappa shape index (κ3) is 10.7. The zero-order chi connectivity index (χ0) is 29.0. The first-order valence-electron chi connectivity index (χ1n) is 13.5. The van der Waals surface area contributed by atoms with E-state index >= 15 is 0 Å². The van der Waals surface area contributed by atoms with Gasteiger partial charge in [0.1, 0.15) is 12.1 Å². The Hall–Kier alpha value is -3.29. The molecule has 0 bridgehead atoms. The quantitative estimate of drug-likeness (QED) is 0.181. The van der Waals surface area contributed by atoms with Crippen molar-refractivity contribution in [2.45, 2.75) is 71.4 Å². The molecule has 0 heterocycles. The van der Waals surface area contributed by atoms with Crippen LogP contribution in [-0.2, 0) is 47.6 Å². The first-order valence-corrected chi connectivity index (χ1v) is 15.1. The molecule has 40 heavy (non-hydrogen) atoms. The summed E-state index contributed by atoms with van der Waals surface area (Å²) in [7, 11) is -4.07. The van der Waals surface area contributed by atoms with Crippen molar-refractivity contribution < 1.29 is 28.2 Å². The van der Waals surface area contributed by atoms with E-state index in [1.165, 1.54) is 0 Å². The van der Waals surface area contributed by atoms with Crippen LogP contribution in [0, 0.1) is 0 Å². The summed E-state index contributed by atoms with van der Waals surface area (Å²) in [6.45, 7) is 6.98. The highest BCUT2D eigenvalue weighted by Crippen LogP contribution is 2.41. The molecule has 9 heteroatoms. The van der Waals surface area contributed by atoms with E-state index in [-0.39, 0.29) is 31.7 Å². The summed E-state index contributed by atoms with van der Waals surface area (Å²) in [6.07, 6.45) is -0.354. The van der Waals surface area contributed by atoms with Gasteiger partial charge in [-0.05, 0) is 57.2 Å². The van der Waals surface area contributed by atoms with E-state index in [9.17, 15) is 14.2 Å². The number of hydrogen-bond acceptors (Lipinski definition) is 6. The summed E-state index contributed by atoms with van der Waals surface area (Å²) in [5.41, 5.74) is 2.46. The van der Waals surface area contributed by atoms with Crippen molar-refractivity contribution in [3.63, 3.8) is 0 Å². The zero-order valence-corrected chi connectivity index (χ0v) is 24.4. The van der Waals surface area contributed by atoms with Crippen LogP contribution in [0.4, 0.5) is 0 Å². The fraction of sp³-hybridized carbons (Fsp3) is 0.355. The molecule has 3 aromatic rings. The Kier molecular flexibility index (Phi) is 12.1. The number of hydrogen-bond donors (Lipinski definition) is 2. The summed E-state index contributed by atoms with van der Waals surface area (Å²) in [4.78, 5) is 26.4. The van der Waals surface area contributed by atoms with Gasteiger partial charge in [-0.25, -0.2) is 10.2 Å². The SMILES string of the molecule is CC(C)OC(=O)[C@H](Cc1ccccc1)NP(=O)(N[C@@H](Cc1ccccc1)C(=O)OC(C)C)OCc1ccccc1. The number of ether oxygens (including phenoxy) is 2. The second-order valence-electron chi connectivity index (χ2n) is 10.0. The number of rotatable bonds is 15. The molecule has 0 fully saturated rings. The molecule has 2 N–H and O–H groups in total. The average Bonchev–Trinajstić information content (AvgIpc) is 2.92. The van der Waals surface area contributed by atoms with Gasteiger partial charge in [0, 0.05) is 0 Å². The van der Waals surface area contributed by atoms with Crippen molar-refractivity contribution in [1.82, 2.24) is 10.2 Å². The molecule has 0 saturated carbocycles. The number of carbonyl (C=O) groups is 2. The maximum absolute atomic E-state index is 14.5. The van der Waals surface area contributed by atoms with Crippen LogP contribution in [-0.4, -0.2) is 36.2 Å². The van der Waals surface area contributed by atoms with Crippen LogP contribution in [0.5, 0.6) is 0 Å². The van der Waals surface area contributed by atoms with E-state index in [1.54, 1.807) is 27.7 Å². The molecule has 0 aliphatic carbocycles. The fourth-order valence-corrected chi connectivity index (χ4v) is 5.72. The minimum Gasteiger partial charge on any atom is -0.462 e. The van der Waals surface area contributed by atoms with Crippen LogP contribution in [0.15, 0.2) is 91.0 Å². The molecular formula is C31H39N2O6P. The van der Waals surface area contributed by atoms with Gasteiger partial charge in [-0.3, -0.25) is 14.2 Å². The third-order valence-electron chi connectivity index (χ3n) is 5.75. The highest BCUT2D eigenvalue weighted by Gasteiger charge is 2.37. The normalized spacial score (nSPS) is 13.2. The van der Waals surface area contributed by atoms with Gasteiger partial charge in [-0.2, -0.15) is 0 Å². The van der Waals surface area contributed by atoms with Gasteiger partial charge in [-0.1, -0.05) is 91.0 Å². The van der Waals surface area contributed by atoms with Gasteiger partial charge < -0.3 is 14.0 Å². The van der Waals surface area contributed by atoms with Crippen LogP contribution in [0.25, 0.3) is 0 Å². The highest BCUT2D eigenvalue weighted by atomic mass is 31.2. The van der Waals surface area contributed by atoms with Gasteiger partial charge in [-0.15, -0.1) is 0 Å². The molecule has 0 aliphatic rings. The Morgan fingerprint density at radius 2 is 0.975 bits per heavy atom. The van der Waals surface area contributed by atoms with Crippen LogP contribution in [0.3, 0.4) is 0 Å². The maximum atomic E-state index is 14.5. The molecule has 0 amide bonds. The second-order valence-corrected chi connectivity index (χ2v) is 11.9. The zero-order valence-electron chi connectivity index (χ0n) is 23.5. The number of esters is 2. The molecule has 0 aromatic heterocycles. The predicted octanol–water partition coefficient (Wildman–Crippen LogP) is 5.62. The average molecular weight is 567 g/mol. The summed E-state index contributed by atoms with van der Waals surface area (Å²) in [5, 5.41) is 5.84. The topological polar surface area (TPSA) is 103 Å². The first kappa shape index (κ1) is 31.2. The molecular weight excluding hydrogens is 527 g/mol. The van der Waals surface area contributed by atoms with Gasteiger partial charge in [0.25, 0.3) is 0 Å². The fourth-order valence-electron chi connectivity index (χ4n) is 3.95. The van der Waals surface area contributed by atoms with Crippen molar-refractivity contribution in [2.75, 3.05) is 0 Å². The summed E-state index contributed by atoms with van der Waals surface area (Å²) in [5.74, 6) is -1.15. The van der Waals surface area contributed by atoms with Crippen molar-refractivity contribution >= 4 is 19.6 Å². The Labute approximate surface area is 237 Å². The number of nitrogens with one attached hydrogen (secondary N) is 2. The monoisotopic (exact) mass is 566 g/mol. The van der Waals surface area contributed by atoms with E-state index < -0.39 is 31.7 Å². The predicted molar refractivity (Wildman–Crippen MR) is 155 cm³/mol. The van der Waals surface area contributed by atoms with Crippen LogP contribution in [0.2, 0.25) is 0 Å². The standard InChI is InChI=1S/C31H39N2O6P/c1-23(2)38-30(34)28(20-25-14-8-5-9-15-25)32-40(36,37-22-27-18-12-7-13-19-27)33-29(31(35)39-24(3)4)21-26-16-10-6-11-17-26/h5-19,23-24,28-29H,20-22H2,1-4H3,(H2,32,33,36)/t28-,29-/m0/s1. The summed E-state index contributed by atoms with van der Waals surface area (Å²) in [6, 6.07) is 25.9. The van der Waals surface area contributed by atoms with E-state index in [0.717, 1.165) is 16.7 Å². The molecule has 3 aromatic carbocycles. The summed E-state index contributed by atoms with van der Waals surface area (Å²) < 4.78 is 31.5.